The SMILES string of the molecule is CC1CSC(C(C)(C)C)=NC1N. The summed E-state index contributed by atoms with van der Waals surface area (Å²) in [5.41, 5.74) is 6.03. The van der Waals surface area contributed by atoms with Crippen LogP contribution in [-0.4, -0.2) is 17.0 Å². The van der Waals surface area contributed by atoms with Crippen LogP contribution >= 0.6 is 11.8 Å². The van der Waals surface area contributed by atoms with Crippen LogP contribution in [0.25, 0.3) is 0 Å². The fraction of sp³-hybridized carbons (Fsp3) is 0.889. The lowest BCUT2D eigenvalue weighted by atomic mass is 9.98. The van der Waals surface area contributed by atoms with E-state index in [0.29, 0.717) is 5.92 Å². The van der Waals surface area contributed by atoms with Crippen LogP contribution in [0.5, 0.6) is 0 Å². The van der Waals surface area contributed by atoms with Gasteiger partial charge in [0.2, 0.25) is 0 Å². The zero-order valence-corrected chi connectivity index (χ0v) is 9.11. The second kappa shape index (κ2) is 3.38. The fourth-order valence-corrected chi connectivity index (χ4v) is 2.27. The molecule has 2 nitrogen and oxygen atoms in total. The predicted octanol–water partition coefficient (Wildman–Crippen LogP) is 2.10. The van der Waals surface area contributed by atoms with E-state index < -0.39 is 0 Å². The van der Waals surface area contributed by atoms with E-state index in [4.69, 9.17) is 5.73 Å². The summed E-state index contributed by atoms with van der Waals surface area (Å²) in [6.07, 6.45) is 0.0143. The highest BCUT2D eigenvalue weighted by molar-refractivity contribution is 8.14. The molecule has 0 saturated heterocycles. The Labute approximate surface area is 79.0 Å². The van der Waals surface area contributed by atoms with Gasteiger partial charge in [-0.15, -0.1) is 11.8 Å². The first-order chi connectivity index (χ1) is 5.41. The second-order valence-electron chi connectivity index (χ2n) is 4.46. The first-order valence-corrected chi connectivity index (χ1v) is 5.36. The number of nitrogens with two attached hydrogens (primary N) is 1. The van der Waals surface area contributed by atoms with Crippen molar-refractivity contribution in [2.45, 2.75) is 33.9 Å². The third-order valence-electron chi connectivity index (χ3n) is 1.97. The lowest BCUT2D eigenvalue weighted by Gasteiger charge is -2.29. The van der Waals surface area contributed by atoms with Gasteiger partial charge in [-0.2, -0.15) is 0 Å². The molecule has 1 aliphatic heterocycles. The minimum atomic E-state index is 0.0143. The number of nitrogens with zero attached hydrogens (tertiary/aromatic N) is 1. The van der Waals surface area contributed by atoms with Crippen molar-refractivity contribution in [3.63, 3.8) is 0 Å². The number of thioether (sulfide) groups is 1. The van der Waals surface area contributed by atoms with Gasteiger partial charge in [0.1, 0.15) is 6.17 Å². The molecular formula is C9H18N2S. The van der Waals surface area contributed by atoms with Crippen molar-refractivity contribution in [1.29, 1.82) is 0 Å². The maximum atomic E-state index is 5.86. The monoisotopic (exact) mass is 186 g/mol. The molecule has 0 aromatic heterocycles. The van der Waals surface area contributed by atoms with Gasteiger partial charge in [-0.1, -0.05) is 27.7 Å². The van der Waals surface area contributed by atoms with Crippen molar-refractivity contribution in [2.75, 3.05) is 5.75 Å². The number of aliphatic imine (C=N–C) groups is 1. The molecule has 1 aliphatic rings. The molecule has 1 rings (SSSR count). The molecule has 2 N–H and O–H groups in total. The molecule has 0 radical (unpaired) electrons. The highest BCUT2D eigenvalue weighted by atomic mass is 32.2. The molecule has 1 heterocycles. The Morgan fingerprint density at radius 3 is 2.50 bits per heavy atom. The molecule has 3 heteroatoms. The van der Waals surface area contributed by atoms with Crippen LogP contribution in [0.2, 0.25) is 0 Å². The summed E-state index contributed by atoms with van der Waals surface area (Å²) in [5.74, 6) is 1.62. The quantitative estimate of drug-likeness (QED) is 0.629. The topological polar surface area (TPSA) is 38.4 Å². The van der Waals surface area contributed by atoms with Gasteiger partial charge < -0.3 is 5.73 Å². The van der Waals surface area contributed by atoms with Crippen LogP contribution in [0.1, 0.15) is 27.7 Å². The Hall–Kier alpha value is -0.0200. The van der Waals surface area contributed by atoms with E-state index in [-0.39, 0.29) is 11.6 Å². The largest absolute Gasteiger partial charge is 0.309 e. The van der Waals surface area contributed by atoms with Crippen LogP contribution in [0.15, 0.2) is 4.99 Å². The van der Waals surface area contributed by atoms with E-state index in [1.807, 2.05) is 11.8 Å². The van der Waals surface area contributed by atoms with Crippen molar-refractivity contribution < 1.29 is 0 Å². The smallest absolute Gasteiger partial charge is 0.101 e. The molecule has 0 aromatic rings. The molecule has 0 amide bonds. The highest BCUT2D eigenvalue weighted by Gasteiger charge is 2.26. The highest BCUT2D eigenvalue weighted by Crippen LogP contribution is 2.30. The van der Waals surface area contributed by atoms with Gasteiger partial charge in [-0.25, -0.2) is 0 Å². The Morgan fingerprint density at radius 1 is 1.50 bits per heavy atom. The van der Waals surface area contributed by atoms with E-state index in [9.17, 15) is 0 Å². The van der Waals surface area contributed by atoms with Crippen LogP contribution in [-0.2, 0) is 0 Å². The summed E-state index contributed by atoms with van der Waals surface area (Å²) in [4.78, 5) is 4.49. The van der Waals surface area contributed by atoms with Crippen molar-refractivity contribution >= 4 is 16.8 Å². The summed E-state index contributed by atoms with van der Waals surface area (Å²) >= 11 is 1.85. The molecule has 0 aliphatic carbocycles. The zero-order valence-electron chi connectivity index (χ0n) is 8.29. The minimum Gasteiger partial charge on any atom is -0.309 e. The van der Waals surface area contributed by atoms with Gasteiger partial charge in [0, 0.05) is 17.1 Å². The van der Waals surface area contributed by atoms with Crippen molar-refractivity contribution in [2.24, 2.45) is 22.1 Å². The lowest BCUT2D eigenvalue weighted by molar-refractivity contribution is 0.500. The molecule has 0 saturated carbocycles. The normalized spacial score (nSPS) is 31.6. The average molecular weight is 186 g/mol. The summed E-state index contributed by atoms with van der Waals surface area (Å²) in [7, 11) is 0. The maximum Gasteiger partial charge on any atom is 0.101 e. The van der Waals surface area contributed by atoms with Gasteiger partial charge in [0.05, 0.1) is 5.04 Å². The van der Waals surface area contributed by atoms with Crippen molar-refractivity contribution in [3.8, 4) is 0 Å². The van der Waals surface area contributed by atoms with Gasteiger partial charge in [-0.3, -0.25) is 4.99 Å². The van der Waals surface area contributed by atoms with E-state index >= 15 is 0 Å². The van der Waals surface area contributed by atoms with E-state index in [1.54, 1.807) is 0 Å². The van der Waals surface area contributed by atoms with E-state index in [1.165, 1.54) is 5.04 Å². The molecule has 0 bridgehead atoms. The first-order valence-electron chi connectivity index (χ1n) is 4.38. The maximum absolute atomic E-state index is 5.86. The summed E-state index contributed by atoms with van der Waals surface area (Å²) in [5, 5.41) is 1.20. The second-order valence-corrected chi connectivity index (χ2v) is 5.47. The fourth-order valence-electron chi connectivity index (χ4n) is 1.02. The van der Waals surface area contributed by atoms with Crippen molar-refractivity contribution in [1.82, 2.24) is 0 Å². The molecule has 0 spiro atoms. The van der Waals surface area contributed by atoms with Crippen LogP contribution in [0, 0.1) is 11.3 Å². The third kappa shape index (κ3) is 2.23. The Bertz CT molecular complexity index is 193. The van der Waals surface area contributed by atoms with Crippen molar-refractivity contribution in [3.05, 3.63) is 0 Å². The standard InChI is InChI=1S/C9H18N2S/c1-6-5-12-8(9(2,3)4)11-7(6)10/h6-7H,5,10H2,1-4H3. The first kappa shape index (κ1) is 10.1. The molecule has 2 atom stereocenters. The third-order valence-corrected chi connectivity index (χ3v) is 3.66. The summed E-state index contributed by atoms with van der Waals surface area (Å²) in [6.45, 7) is 8.70. The summed E-state index contributed by atoms with van der Waals surface area (Å²) < 4.78 is 0. The zero-order chi connectivity index (χ0) is 9.35. The average Bonchev–Trinajstić information content (AvgIpc) is 1.92. The number of hydrogen-bond acceptors (Lipinski definition) is 3. The van der Waals surface area contributed by atoms with Gasteiger partial charge >= 0.3 is 0 Å². The Balaban J connectivity index is 2.75. The lowest BCUT2D eigenvalue weighted by Crippen LogP contribution is -2.35. The van der Waals surface area contributed by atoms with E-state index in [2.05, 4.69) is 32.7 Å². The van der Waals surface area contributed by atoms with Crippen LogP contribution < -0.4 is 5.73 Å². The molecule has 0 fully saturated rings. The molecule has 0 aromatic carbocycles. The predicted molar refractivity (Wildman–Crippen MR) is 56.5 cm³/mol. The number of rotatable bonds is 0. The van der Waals surface area contributed by atoms with Crippen LogP contribution in [0.4, 0.5) is 0 Å². The molecular weight excluding hydrogens is 168 g/mol. The summed E-state index contributed by atoms with van der Waals surface area (Å²) in [6, 6.07) is 0. The molecule has 12 heavy (non-hydrogen) atoms. The number of hydrogen-bond donors (Lipinski definition) is 1. The minimum absolute atomic E-state index is 0.0143. The molecule has 2 unspecified atom stereocenters. The Kier molecular flexibility index (Phi) is 2.84. The Morgan fingerprint density at radius 2 is 2.08 bits per heavy atom. The van der Waals surface area contributed by atoms with Crippen LogP contribution in [0.3, 0.4) is 0 Å². The van der Waals surface area contributed by atoms with E-state index in [0.717, 1.165) is 5.75 Å². The van der Waals surface area contributed by atoms with Gasteiger partial charge in [0.25, 0.3) is 0 Å². The van der Waals surface area contributed by atoms with Gasteiger partial charge in [0.15, 0.2) is 0 Å². The van der Waals surface area contributed by atoms with Gasteiger partial charge in [-0.05, 0) is 0 Å². The molecule has 70 valence electrons.